The van der Waals surface area contributed by atoms with E-state index in [0.717, 1.165) is 5.56 Å². The van der Waals surface area contributed by atoms with Crippen LogP contribution < -0.4 is 15.4 Å². The molecule has 0 aliphatic carbocycles. The fourth-order valence-electron chi connectivity index (χ4n) is 2.15. The Kier molecular flexibility index (Phi) is 7.97. The highest BCUT2D eigenvalue weighted by atomic mass is 35.5. The number of esters is 1. The first kappa shape index (κ1) is 22.2. The number of pyridine rings is 1. The van der Waals surface area contributed by atoms with E-state index in [4.69, 9.17) is 21.1 Å². The van der Waals surface area contributed by atoms with Crippen LogP contribution in [-0.2, 0) is 25.7 Å². The van der Waals surface area contributed by atoms with Crippen LogP contribution in [0.5, 0.6) is 5.75 Å². The third-order valence-electron chi connectivity index (χ3n) is 3.70. The number of aromatic nitrogens is 1. The molecule has 1 heterocycles. The Balaban J connectivity index is 1.69. The molecule has 0 atom stereocenters. The molecule has 2 aromatic rings. The van der Waals surface area contributed by atoms with Crippen LogP contribution in [0.15, 0.2) is 48.8 Å². The number of carbonyl (C=O) groups is 3. The van der Waals surface area contributed by atoms with Crippen LogP contribution in [-0.4, -0.2) is 41.5 Å². The standard InChI is InChI=1S/C20H22ClN3O5/c1-20(2,29-16-7-5-15(21)6-8-16)19(27)24-11-17(25)23-12-18(26)28-13-14-4-3-9-22-10-14/h3-10H,11-13H2,1-2H3,(H,23,25)(H,24,27). The number of halogens is 1. The third-order valence-corrected chi connectivity index (χ3v) is 3.95. The average molecular weight is 420 g/mol. The monoisotopic (exact) mass is 419 g/mol. The molecule has 0 aliphatic heterocycles. The maximum absolute atomic E-state index is 12.3. The summed E-state index contributed by atoms with van der Waals surface area (Å²) >= 11 is 5.82. The summed E-state index contributed by atoms with van der Waals surface area (Å²) in [5.41, 5.74) is -0.473. The molecule has 2 amide bonds. The summed E-state index contributed by atoms with van der Waals surface area (Å²) in [6.45, 7) is 2.60. The Morgan fingerprint density at radius 1 is 1.07 bits per heavy atom. The number of benzene rings is 1. The SMILES string of the molecule is CC(C)(Oc1ccc(Cl)cc1)C(=O)NCC(=O)NCC(=O)OCc1cccnc1. The molecule has 154 valence electrons. The number of ether oxygens (including phenoxy) is 2. The van der Waals surface area contributed by atoms with Gasteiger partial charge in [-0.1, -0.05) is 17.7 Å². The molecule has 0 fully saturated rings. The minimum Gasteiger partial charge on any atom is -0.478 e. The van der Waals surface area contributed by atoms with Gasteiger partial charge in [-0.25, -0.2) is 0 Å². The van der Waals surface area contributed by atoms with E-state index in [1.807, 2.05) is 0 Å². The van der Waals surface area contributed by atoms with E-state index < -0.39 is 23.4 Å². The van der Waals surface area contributed by atoms with Crippen LogP contribution >= 0.6 is 11.6 Å². The van der Waals surface area contributed by atoms with Crippen molar-refractivity contribution >= 4 is 29.4 Å². The van der Waals surface area contributed by atoms with Gasteiger partial charge in [0.05, 0.1) is 6.54 Å². The van der Waals surface area contributed by atoms with Crippen molar-refractivity contribution < 1.29 is 23.9 Å². The molecular weight excluding hydrogens is 398 g/mol. The lowest BCUT2D eigenvalue weighted by atomic mass is 10.1. The molecule has 1 aromatic heterocycles. The summed E-state index contributed by atoms with van der Waals surface area (Å²) in [5, 5.41) is 5.41. The molecule has 0 saturated heterocycles. The Bertz CT molecular complexity index is 841. The van der Waals surface area contributed by atoms with Crippen molar-refractivity contribution in [2.45, 2.75) is 26.1 Å². The summed E-state index contributed by atoms with van der Waals surface area (Å²) in [6, 6.07) is 10.1. The fourth-order valence-corrected chi connectivity index (χ4v) is 2.27. The van der Waals surface area contributed by atoms with Gasteiger partial charge in [-0.2, -0.15) is 0 Å². The van der Waals surface area contributed by atoms with Crippen LogP contribution in [0.2, 0.25) is 5.02 Å². The first-order chi connectivity index (χ1) is 13.8. The van der Waals surface area contributed by atoms with E-state index >= 15 is 0 Å². The van der Waals surface area contributed by atoms with E-state index in [2.05, 4.69) is 15.6 Å². The third kappa shape index (κ3) is 7.79. The van der Waals surface area contributed by atoms with Crippen LogP contribution in [0.3, 0.4) is 0 Å². The van der Waals surface area contributed by atoms with E-state index in [9.17, 15) is 14.4 Å². The van der Waals surface area contributed by atoms with Crippen molar-refractivity contribution in [2.24, 2.45) is 0 Å². The normalized spacial score (nSPS) is 10.7. The van der Waals surface area contributed by atoms with Gasteiger partial charge in [-0.15, -0.1) is 0 Å². The van der Waals surface area contributed by atoms with Crippen LogP contribution in [0.1, 0.15) is 19.4 Å². The summed E-state index contributed by atoms with van der Waals surface area (Å²) < 4.78 is 10.7. The molecular formula is C20H22ClN3O5. The molecule has 0 unspecified atom stereocenters. The lowest BCUT2D eigenvalue weighted by molar-refractivity contribution is -0.145. The molecule has 0 aliphatic rings. The van der Waals surface area contributed by atoms with Gasteiger partial charge in [-0.3, -0.25) is 19.4 Å². The number of nitrogens with zero attached hydrogens (tertiary/aromatic N) is 1. The molecule has 29 heavy (non-hydrogen) atoms. The molecule has 0 radical (unpaired) electrons. The molecule has 8 nitrogen and oxygen atoms in total. The van der Waals surface area contributed by atoms with Gasteiger partial charge in [0.1, 0.15) is 18.9 Å². The summed E-state index contributed by atoms with van der Waals surface area (Å²) in [4.78, 5) is 39.7. The van der Waals surface area contributed by atoms with Gasteiger partial charge in [0, 0.05) is 23.0 Å². The smallest absolute Gasteiger partial charge is 0.325 e. The number of hydrogen-bond donors (Lipinski definition) is 2. The lowest BCUT2D eigenvalue weighted by Gasteiger charge is -2.25. The summed E-state index contributed by atoms with van der Waals surface area (Å²) in [6.07, 6.45) is 3.19. The zero-order valence-electron chi connectivity index (χ0n) is 16.1. The topological polar surface area (TPSA) is 107 Å². The zero-order valence-corrected chi connectivity index (χ0v) is 16.9. The largest absolute Gasteiger partial charge is 0.478 e. The van der Waals surface area contributed by atoms with Gasteiger partial charge in [-0.05, 0) is 44.2 Å². The van der Waals surface area contributed by atoms with Gasteiger partial charge in [0.2, 0.25) is 5.91 Å². The Morgan fingerprint density at radius 3 is 2.45 bits per heavy atom. The first-order valence-corrected chi connectivity index (χ1v) is 9.18. The molecule has 2 rings (SSSR count). The Morgan fingerprint density at radius 2 is 1.79 bits per heavy atom. The van der Waals surface area contributed by atoms with E-state index in [-0.39, 0.29) is 19.7 Å². The van der Waals surface area contributed by atoms with Crippen molar-refractivity contribution in [1.29, 1.82) is 0 Å². The second kappa shape index (κ2) is 10.4. The number of hydrogen-bond acceptors (Lipinski definition) is 6. The van der Waals surface area contributed by atoms with Crippen molar-refractivity contribution in [3.63, 3.8) is 0 Å². The highest BCUT2D eigenvalue weighted by molar-refractivity contribution is 6.30. The number of rotatable bonds is 9. The lowest BCUT2D eigenvalue weighted by Crippen LogP contribution is -2.49. The Labute approximate surface area is 173 Å². The van der Waals surface area contributed by atoms with E-state index in [0.29, 0.717) is 10.8 Å². The predicted molar refractivity (Wildman–Crippen MR) is 106 cm³/mol. The Hall–Kier alpha value is -3.13. The van der Waals surface area contributed by atoms with Crippen molar-refractivity contribution in [3.8, 4) is 5.75 Å². The molecule has 0 bridgehead atoms. The minimum absolute atomic E-state index is 0.0650. The van der Waals surface area contributed by atoms with Crippen molar-refractivity contribution in [1.82, 2.24) is 15.6 Å². The summed E-state index contributed by atoms with van der Waals surface area (Å²) in [5.74, 6) is -1.14. The van der Waals surface area contributed by atoms with E-state index in [1.54, 1.807) is 62.6 Å². The maximum atomic E-state index is 12.3. The predicted octanol–water partition coefficient (Wildman–Crippen LogP) is 1.87. The van der Waals surface area contributed by atoms with Crippen LogP contribution in [0.4, 0.5) is 0 Å². The average Bonchev–Trinajstić information content (AvgIpc) is 2.71. The molecule has 2 N–H and O–H groups in total. The quantitative estimate of drug-likeness (QED) is 0.601. The van der Waals surface area contributed by atoms with Crippen molar-refractivity contribution in [2.75, 3.05) is 13.1 Å². The van der Waals surface area contributed by atoms with Crippen LogP contribution in [0.25, 0.3) is 0 Å². The molecule has 9 heteroatoms. The molecule has 1 aromatic carbocycles. The highest BCUT2D eigenvalue weighted by Gasteiger charge is 2.30. The van der Waals surface area contributed by atoms with Gasteiger partial charge in [0.15, 0.2) is 5.60 Å². The number of nitrogens with one attached hydrogen (secondary N) is 2. The maximum Gasteiger partial charge on any atom is 0.325 e. The number of carbonyl (C=O) groups excluding carboxylic acids is 3. The van der Waals surface area contributed by atoms with Gasteiger partial charge in [0.25, 0.3) is 5.91 Å². The number of amides is 2. The van der Waals surface area contributed by atoms with E-state index in [1.165, 1.54) is 0 Å². The van der Waals surface area contributed by atoms with Crippen LogP contribution in [0, 0.1) is 0 Å². The second-order valence-corrected chi connectivity index (χ2v) is 6.98. The summed E-state index contributed by atoms with van der Waals surface area (Å²) in [7, 11) is 0. The molecule has 0 saturated carbocycles. The van der Waals surface area contributed by atoms with Gasteiger partial charge < -0.3 is 20.1 Å². The second-order valence-electron chi connectivity index (χ2n) is 6.55. The first-order valence-electron chi connectivity index (χ1n) is 8.80. The minimum atomic E-state index is -1.21. The van der Waals surface area contributed by atoms with Gasteiger partial charge >= 0.3 is 5.97 Å². The zero-order chi connectivity index (χ0) is 21.3. The highest BCUT2D eigenvalue weighted by Crippen LogP contribution is 2.20. The molecule has 0 spiro atoms. The van der Waals surface area contributed by atoms with Crippen molar-refractivity contribution in [3.05, 3.63) is 59.4 Å². The fraction of sp³-hybridized carbons (Fsp3) is 0.300.